The van der Waals surface area contributed by atoms with E-state index in [0.29, 0.717) is 11.7 Å². The van der Waals surface area contributed by atoms with E-state index in [4.69, 9.17) is 17.0 Å². The van der Waals surface area contributed by atoms with Crippen molar-refractivity contribution in [3.63, 3.8) is 0 Å². The number of rotatable bonds is 5. The Morgan fingerprint density at radius 1 is 1.50 bits per heavy atom. The minimum Gasteiger partial charge on any atom is -0.508 e. The zero-order valence-corrected chi connectivity index (χ0v) is 10.0. The summed E-state index contributed by atoms with van der Waals surface area (Å²) >= 11 is 5.08. The third kappa shape index (κ3) is 4.95. The summed E-state index contributed by atoms with van der Waals surface area (Å²) in [5.74, 6) is 0.215. The van der Waals surface area contributed by atoms with Crippen molar-refractivity contribution in [2.24, 2.45) is 0 Å². The minimum absolute atomic E-state index is 0.215. The number of aromatic hydroxyl groups is 1. The van der Waals surface area contributed by atoms with Gasteiger partial charge in [-0.15, -0.1) is 0 Å². The van der Waals surface area contributed by atoms with Gasteiger partial charge in [-0.1, -0.05) is 6.07 Å². The Balaban J connectivity index is 2.29. The summed E-state index contributed by atoms with van der Waals surface area (Å²) in [5, 5.41) is 15.8. The maximum absolute atomic E-state index is 9.25. The van der Waals surface area contributed by atoms with Gasteiger partial charge in [-0.05, 0) is 30.8 Å². The summed E-state index contributed by atoms with van der Waals surface area (Å²) in [6, 6.07) is 6.82. The lowest BCUT2D eigenvalue weighted by Gasteiger charge is -2.10. The van der Waals surface area contributed by atoms with Crippen LogP contribution in [0.25, 0.3) is 0 Å². The first-order valence-electron chi connectivity index (χ1n) is 5.05. The number of phenols is 1. The molecule has 0 spiro atoms. The fourth-order valence-corrected chi connectivity index (χ4v) is 1.40. The molecule has 0 heterocycles. The van der Waals surface area contributed by atoms with Gasteiger partial charge in [0.15, 0.2) is 5.11 Å². The van der Waals surface area contributed by atoms with E-state index in [1.807, 2.05) is 6.07 Å². The number of thiocarbonyl (C=S) groups is 1. The first-order valence-corrected chi connectivity index (χ1v) is 5.46. The third-order valence-electron chi connectivity index (χ3n) is 1.91. The van der Waals surface area contributed by atoms with Crippen LogP contribution in [0.3, 0.4) is 0 Å². The Hall–Kier alpha value is -1.33. The molecule has 88 valence electrons. The van der Waals surface area contributed by atoms with Gasteiger partial charge < -0.3 is 20.5 Å². The lowest BCUT2D eigenvalue weighted by molar-refractivity contribution is 0.196. The van der Waals surface area contributed by atoms with Gasteiger partial charge in [0.25, 0.3) is 0 Å². The van der Waals surface area contributed by atoms with Crippen molar-refractivity contribution in [3.05, 3.63) is 24.3 Å². The SMILES string of the molecule is COCCCNC(=S)Nc1cccc(O)c1. The molecule has 0 aliphatic carbocycles. The quantitative estimate of drug-likeness (QED) is 0.540. The van der Waals surface area contributed by atoms with Gasteiger partial charge in [0.05, 0.1) is 0 Å². The summed E-state index contributed by atoms with van der Waals surface area (Å²) in [6.07, 6.45) is 0.901. The highest BCUT2D eigenvalue weighted by atomic mass is 32.1. The normalized spacial score (nSPS) is 9.81. The highest BCUT2D eigenvalue weighted by molar-refractivity contribution is 7.80. The average Bonchev–Trinajstić information content (AvgIpc) is 2.24. The molecule has 5 heteroatoms. The van der Waals surface area contributed by atoms with E-state index >= 15 is 0 Å². The number of nitrogens with one attached hydrogen (secondary N) is 2. The number of hydrogen-bond donors (Lipinski definition) is 3. The van der Waals surface area contributed by atoms with Crippen molar-refractivity contribution in [2.75, 3.05) is 25.6 Å². The molecule has 0 unspecified atom stereocenters. The number of anilines is 1. The van der Waals surface area contributed by atoms with Gasteiger partial charge in [-0.3, -0.25) is 0 Å². The summed E-state index contributed by atoms with van der Waals surface area (Å²) in [4.78, 5) is 0. The summed E-state index contributed by atoms with van der Waals surface area (Å²) < 4.78 is 4.92. The van der Waals surface area contributed by atoms with Gasteiger partial charge in [0.2, 0.25) is 0 Å². The Kier molecular flexibility index (Phi) is 5.60. The predicted molar refractivity (Wildman–Crippen MR) is 68.8 cm³/mol. The zero-order chi connectivity index (χ0) is 11.8. The van der Waals surface area contributed by atoms with Crippen LogP contribution < -0.4 is 10.6 Å². The van der Waals surface area contributed by atoms with E-state index in [2.05, 4.69) is 10.6 Å². The van der Waals surface area contributed by atoms with Crippen LogP contribution in [0, 0.1) is 0 Å². The molecule has 0 aliphatic heterocycles. The van der Waals surface area contributed by atoms with Gasteiger partial charge in [-0.25, -0.2) is 0 Å². The molecule has 1 aromatic rings. The molecule has 3 N–H and O–H groups in total. The van der Waals surface area contributed by atoms with E-state index in [1.54, 1.807) is 25.3 Å². The maximum atomic E-state index is 9.25. The van der Waals surface area contributed by atoms with Crippen molar-refractivity contribution < 1.29 is 9.84 Å². The summed E-state index contributed by atoms with van der Waals surface area (Å²) in [5.41, 5.74) is 0.768. The Morgan fingerprint density at radius 2 is 2.31 bits per heavy atom. The van der Waals surface area contributed by atoms with Crippen molar-refractivity contribution in [2.45, 2.75) is 6.42 Å². The van der Waals surface area contributed by atoms with Crippen LogP contribution in [0.1, 0.15) is 6.42 Å². The minimum atomic E-state index is 0.215. The van der Waals surface area contributed by atoms with Crippen LogP contribution in [0.15, 0.2) is 24.3 Å². The largest absolute Gasteiger partial charge is 0.508 e. The Morgan fingerprint density at radius 3 is 3.00 bits per heavy atom. The standard InChI is InChI=1S/C11H16N2O2S/c1-15-7-3-6-12-11(16)13-9-4-2-5-10(14)8-9/h2,4-5,8,14H,3,6-7H2,1H3,(H2,12,13,16). The smallest absolute Gasteiger partial charge is 0.170 e. The Labute approximate surface area is 101 Å². The number of benzene rings is 1. The predicted octanol–water partition coefficient (Wildman–Crippen LogP) is 1.72. The lowest BCUT2D eigenvalue weighted by atomic mass is 10.3. The van der Waals surface area contributed by atoms with Crippen molar-refractivity contribution in [1.29, 1.82) is 0 Å². The number of phenolic OH excluding ortho intramolecular Hbond substituents is 1. The van der Waals surface area contributed by atoms with Crippen LogP contribution >= 0.6 is 12.2 Å². The number of methoxy groups -OCH3 is 1. The number of hydrogen-bond acceptors (Lipinski definition) is 3. The molecule has 0 saturated heterocycles. The van der Waals surface area contributed by atoms with Gasteiger partial charge in [0, 0.05) is 32.0 Å². The van der Waals surface area contributed by atoms with Crippen molar-refractivity contribution >= 4 is 23.0 Å². The van der Waals surface area contributed by atoms with Crippen molar-refractivity contribution in [1.82, 2.24) is 5.32 Å². The van der Waals surface area contributed by atoms with E-state index in [1.165, 1.54) is 0 Å². The number of ether oxygens (including phenoxy) is 1. The maximum Gasteiger partial charge on any atom is 0.170 e. The first kappa shape index (κ1) is 12.7. The van der Waals surface area contributed by atoms with E-state index in [-0.39, 0.29) is 5.75 Å². The summed E-state index contributed by atoms with van der Waals surface area (Å²) in [7, 11) is 1.67. The van der Waals surface area contributed by atoms with Crippen LogP contribution in [-0.2, 0) is 4.74 Å². The van der Waals surface area contributed by atoms with Crippen LogP contribution in [-0.4, -0.2) is 30.5 Å². The van der Waals surface area contributed by atoms with E-state index < -0.39 is 0 Å². The molecule has 0 amide bonds. The van der Waals surface area contributed by atoms with Gasteiger partial charge in [0.1, 0.15) is 5.75 Å². The monoisotopic (exact) mass is 240 g/mol. The fourth-order valence-electron chi connectivity index (χ4n) is 1.18. The molecule has 16 heavy (non-hydrogen) atoms. The fraction of sp³-hybridized carbons (Fsp3) is 0.364. The van der Waals surface area contributed by atoms with E-state index in [9.17, 15) is 5.11 Å². The van der Waals surface area contributed by atoms with Crippen LogP contribution in [0.5, 0.6) is 5.75 Å². The highest BCUT2D eigenvalue weighted by Crippen LogP contribution is 2.14. The second-order valence-electron chi connectivity index (χ2n) is 3.28. The molecular formula is C11H16N2O2S. The molecule has 1 aromatic carbocycles. The molecule has 0 atom stereocenters. The van der Waals surface area contributed by atoms with Crippen molar-refractivity contribution in [3.8, 4) is 5.75 Å². The molecule has 0 saturated carbocycles. The summed E-state index contributed by atoms with van der Waals surface area (Å²) in [6.45, 7) is 1.47. The molecular weight excluding hydrogens is 224 g/mol. The Bertz CT molecular complexity index is 345. The molecule has 1 rings (SSSR count). The van der Waals surface area contributed by atoms with Gasteiger partial charge >= 0.3 is 0 Å². The second kappa shape index (κ2) is 7.03. The lowest BCUT2D eigenvalue weighted by Crippen LogP contribution is -2.29. The average molecular weight is 240 g/mol. The highest BCUT2D eigenvalue weighted by Gasteiger charge is 1.97. The van der Waals surface area contributed by atoms with E-state index in [0.717, 1.165) is 18.7 Å². The molecule has 0 fully saturated rings. The zero-order valence-electron chi connectivity index (χ0n) is 9.19. The molecule has 0 bridgehead atoms. The molecule has 0 aliphatic rings. The molecule has 0 aromatic heterocycles. The van der Waals surface area contributed by atoms with Crippen LogP contribution in [0.4, 0.5) is 5.69 Å². The molecule has 4 nitrogen and oxygen atoms in total. The molecule has 0 radical (unpaired) electrons. The van der Waals surface area contributed by atoms with Crippen LogP contribution in [0.2, 0.25) is 0 Å². The first-order chi connectivity index (χ1) is 7.72. The third-order valence-corrected chi connectivity index (χ3v) is 2.16. The van der Waals surface area contributed by atoms with Gasteiger partial charge in [-0.2, -0.15) is 0 Å². The topological polar surface area (TPSA) is 53.5 Å². The second-order valence-corrected chi connectivity index (χ2v) is 3.69.